The molecule has 144 valence electrons. The van der Waals surface area contributed by atoms with Crippen molar-refractivity contribution < 1.29 is 9.53 Å². The van der Waals surface area contributed by atoms with Gasteiger partial charge in [0.15, 0.2) is 5.69 Å². The highest BCUT2D eigenvalue weighted by molar-refractivity contribution is 6.30. The van der Waals surface area contributed by atoms with Crippen LogP contribution in [0.25, 0.3) is 0 Å². The van der Waals surface area contributed by atoms with E-state index in [1.807, 2.05) is 36.9 Å². The number of aromatic nitrogens is 2. The second-order valence-corrected chi connectivity index (χ2v) is 7.89. The van der Waals surface area contributed by atoms with E-state index in [1.165, 1.54) is 5.56 Å². The number of nitrogens with one attached hydrogen (secondary N) is 1. The molecule has 27 heavy (non-hydrogen) atoms. The molecule has 7 heteroatoms. The number of amides is 1. The largest absolute Gasteiger partial charge is 0.369 e. The lowest BCUT2D eigenvalue weighted by Crippen LogP contribution is -2.48. The number of benzene rings is 1. The number of piperazine rings is 1. The second-order valence-electron chi connectivity index (χ2n) is 7.46. The number of hydrogen-bond donors (Lipinski definition) is 1. The van der Waals surface area contributed by atoms with Gasteiger partial charge in [0.1, 0.15) is 0 Å². The van der Waals surface area contributed by atoms with E-state index in [9.17, 15) is 4.79 Å². The topological polar surface area (TPSA) is 61.5 Å². The van der Waals surface area contributed by atoms with Gasteiger partial charge in [0.2, 0.25) is 0 Å². The number of halogens is 1. The lowest BCUT2D eigenvalue weighted by Gasteiger charge is -2.34. The predicted octanol–water partition coefficient (Wildman–Crippen LogP) is 3.04. The molecule has 0 spiro atoms. The average Bonchev–Trinajstić information content (AvgIpc) is 3.06. The van der Waals surface area contributed by atoms with E-state index >= 15 is 0 Å². The minimum Gasteiger partial charge on any atom is -0.369 e. The summed E-state index contributed by atoms with van der Waals surface area (Å²) in [5.41, 5.74) is 3.73. The molecule has 1 N–H and O–H groups in total. The van der Waals surface area contributed by atoms with E-state index in [2.05, 4.69) is 21.2 Å². The summed E-state index contributed by atoms with van der Waals surface area (Å²) in [4.78, 5) is 17.3. The fraction of sp³-hybridized carbons (Fsp3) is 0.500. The maximum absolute atomic E-state index is 13.0. The fourth-order valence-electron chi connectivity index (χ4n) is 4.00. The van der Waals surface area contributed by atoms with Crippen molar-refractivity contribution in [1.29, 1.82) is 0 Å². The van der Waals surface area contributed by atoms with Crippen molar-refractivity contribution in [3.05, 3.63) is 51.8 Å². The summed E-state index contributed by atoms with van der Waals surface area (Å²) in [6, 6.07) is 7.95. The van der Waals surface area contributed by atoms with Crippen LogP contribution in [-0.2, 0) is 17.7 Å². The smallest absolute Gasteiger partial charge is 0.274 e. The van der Waals surface area contributed by atoms with E-state index in [1.54, 1.807) is 0 Å². The monoisotopic (exact) mass is 388 g/mol. The van der Waals surface area contributed by atoms with Gasteiger partial charge in [-0.3, -0.25) is 14.8 Å². The predicted molar refractivity (Wildman–Crippen MR) is 104 cm³/mol. The van der Waals surface area contributed by atoms with Crippen LogP contribution in [0.5, 0.6) is 0 Å². The molecule has 4 rings (SSSR count). The molecule has 2 atom stereocenters. The Balaban J connectivity index is 1.39. The van der Waals surface area contributed by atoms with Gasteiger partial charge in [-0.2, -0.15) is 5.10 Å². The molecule has 1 fully saturated rings. The maximum atomic E-state index is 13.0. The van der Waals surface area contributed by atoms with Gasteiger partial charge in [-0.05, 0) is 31.5 Å². The molecule has 0 radical (unpaired) electrons. The molecule has 2 aliphatic heterocycles. The Morgan fingerprint density at radius 1 is 1.30 bits per heavy atom. The zero-order valence-electron chi connectivity index (χ0n) is 15.7. The number of rotatable bonds is 3. The lowest BCUT2D eigenvalue weighted by molar-refractivity contribution is -0.00704. The van der Waals surface area contributed by atoms with Crippen molar-refractivity contribution in [3.63, 3.8) is 0 Å². The molecule has 1 aromatic carbocycles. The summed E-state index contributed by atoms with van der Waals surface area (Å²) in [5.74, 6) is 0.0243. The van der Waals surface area contributed by atoms with E-state index < -0.39 is 0 Å². The first kappa shape index (κ1) is 18.5. The van der Waals surface area contributed by atoms with Crippen molar-refractivity contribution in [2.24, 2.45) is 0 Å². The van der Waals surface area contributed by atoms with Gasteiger partial charge in [0, 0.05) is 49.7 Å². The Kier molecular flexibility index (Phi) is 5.21. The van der Waals surface area contributed by atoms with Crippen LogP contribution in [0.2, 0.25) is 5.02 Å². The second kappa shape index (κ2) is 7.62. The third-order valence-electron chi connectivity index (χ3n) is 5.39. The number of H-pyrrole nitrogens is 1. The van der Waals surface area contributed by atoms with Crippen LogP contribution < -0.4 is 0 Å². The molecule has 0 bridgehead atoms. The molecule has 1 saturated heterocycles. The number of carbonyl (C=O) groups is 1. The minimum atomic E-state index is -0.0488. The highest BCUT2D eigenvalue weighted by atomic mass is 35.5. The normalized spacial score (nSPS) is 23.3. The van der Waals surface area contributed by atoms with Crippen molar-refractivity contribution in [2.75, 3.05) is 26.2 Å². The zero-order chi connectivity index (χ0) is 19.0. The Morgan fingerprint density at radius 3 is 2.81 bits per heavy atom. The molecule has 1 amide bonds. The number of hydrogen-bond acceptors (Lipinski definition) is 4. The van der Waals surface area contributed by atoms with E-state index in [0.717, 1.165) is 42.3 Å². The first-order valence-corrected chi connectivity index (χ1v) is 9.87. The van der Waals surface area contributed by atoms with Crippen LogP contribution in [0.4, 0.5) is 0 Å². The highest BCUT2D eigenvalue weighted by Crippen LogP contribution is 2.30. The Labute approximate surface area is 164 Å². The van der Waals surface area contributed by atoms with Crippen LogP contribution in [0.1, 0.15) is 47.3 Å². The lowest BCUT2D eigenvalue weighted by atomic mass is 9.99. The summed E-state index contributed by atoms with van der Waals surface area (Å²) in [6.45, 7) is 8.00. The summed E-state index contributed by atoms with van der Waals surface area (Å²) in [7, 11) is 0. The summed E-state index contributed by atoms with van der Waals surface area (Å²) in [6.07, 6.45) is 0.782. The van der Waals surface area contributed by atoms with Crippen molar-refractivity contribution in [2.45, 2.75) is 39.0 Å². The molecule has 6 nitrogen and oxygen atoms in total. The quantitative estimate of drug-likeness (QED) is 0.877. The zero-order valence-corrected chi connectivity index (χ0v) is 16.5. The van der Waals surface area contributed by atoms with Gasteiger partial charge < -0.3 is 9.64 Å². The number of fused-ring (bicyclic) bond motifs is 1. The van der Waals surface area contributed by atoms with Gasteiger partial charge in [0.25, 0.3) is 5.91 Å². The molecular formula is C20H25ClN4O2. The molecule has 0 unspecified atom stereocenters. The van der Waals surface area contributed by atoms with Crippen molar-refractivity contribution >= 4 is 17.5 Å². The molecule has 3 heterocycles. The van der Waals surface area contributed by atoms with Crippen LogP contribution in [0.3, 0.4) is 0 Å². The van der Waals surface area contributed by atoms with Gasteiger partial charge in [-0.15, -0.1) is 0 Å². The maximum Gasteiger partial charge on any atom is 0.274 e. The number of ether oxygens (including phenoxy) is 1. The third-order valence-corrected chi connectivity index (χ3v) is 5.63. The first-order chi connectivity index (χ1) is 13.0. The highest BCUT2D eigenvalue weighted by Gasteiger charge is 2.32. The Morgan fingerprint density at radius 2 is 2.07 bits per heavy atom. The standard InChI is InChI=1S/C20H25ClN4O2/c1-13-10-17-18(14(2)27-13)22-23-19(17)20(26)25-8-6-24(7-9-25)12-15-4-3-5-16(21)11-15/h3-5,11,13-14H,6-10,12H2,1-2H3,(H,22,23)/t13-,14+/m1/s1. The Bertz CT molecular complexity index is 829. The van der Waals surface area contributed by atoms with E-state index in [4.69, 9.17) is 16.3 Å². The van der Waals surface area contributed by atoms with Crippen LogP contribution in [-0.4, -0.2) is 58.2 Å². The van der Waals surface area contributed by atoms with Gasteiger partial charge >= 0.3 is 0 Å². The van der Waals surface area contributed by atoms with E-state index in [-0.39, 0.29) is 18.1 Å². The Hall–Kier alpha value is -1.89. The fourth-order valence-corrected chi connectivity index (χ4v) is 4.22. The van der Waals surface area contributed by atoms with Crippen molar-refractivity contribution in [3.8, 4) is 0 Å². The number of nitrogens with zero attached hydrogens (tertiary/aromatic N) is 3. The van der Waals surface area contributed by atoms with Gasteiger partial charge in [0.05, 0.1) is 17.9 Å². The summed E-state index contributed by atoms with van der Waals surface area (Å²) < 4.78 is 5.82. The first-order valence-electron chi connectivity index (χ1n) is 9.50. The average molecular weight is 389 g/mol. The molecule has 0 saturated carbocycles. The van der Waals surface area contributed by atoms with E-state index in [0.29, 0.717) is 18.8 Å². The third kappa shape index (κ3) is 3.88. The molecule has 2 aromatic rings. The number of aromatic amines is 1. The van der Waals surface area contributed by atoms with Crippen LogP contribution in [0, 0.1) is 0 Å². The van der Waals surface area contributed by atoms with Gasteiger partial charge in [-0.1, -0.05) is 23.7 Å². The van der Waals surface area contributed by atoms with Gasteiger partial charge in [-0.25, -0.2) is 0 Å². The summed E-state index contributed by atoms with van der Waals surface area (Å²) in [5, 5.41) is 8.11. The van der Waals surface area contributed by atoms with Crippen molar-refractivity contribution in [1.82, 2.24) is 20.0 Å². The molecule has 2 aliphatic rings. The van der Waals surface area contributed by atoms with Crippen LogP contribution in [0.15, 0.2) is 24.3 Å². The minimum absolute atomic E-state index is 0.0243. The summed E-state index contributed by atoms with van der Waals surface area (Å²) >= 11 is 6.07. The molecule has 1 aromatic heterocycles. The molecule has 0 aliphatic carbocycles. The number of carbonyl (C=O) groups excluding carboxylic acids is 1. The van der Waals surface area contributed by atoms with Crippen LogP contribution >= 0.6 is 11.6 Å². The molecular weight excluding hydrogens is 364 g/mol. The SMILES string of the molecule is C[C@@H]1Cc2c(C(=O)N3CCN(Cc4cccc(Cl)c4)CC3)n[nH]c2[C@H](C)O1.